The van der Waals surface area contributed by atoms with Crippen molar-refractivity contribution < 1.29 is 9.90 Å². The molecule has 0 aromatic carbocycles. The molecule has 1 aliphatic heterocycles. The number of carboxylic acids is 1. The number of carbonyl (C=O) groups is 1. The van der Waals surface area contributed by atoms with E-state index in [2.05, 4.69) is 5.32 Å². The summed E-state index contributed by atoms with van der Waals surface area (Å²) in [7, 11) is 0. The Balaban J connectivity index is 1.91. The van der Waals surface area contributed by atoms with E-state index in [0.717, 1.165) is 25.1 Å². The van der Waals surface area contributed by atoms with E-state index in [0.29, 0.717) is 0 Å². The SMILES string of the molecule is O=C(O)C1CC2(C1)NCCS2. The Morgan fingerprint density at radius 2 is 2.36 bits per heavy atom. The van der Waals surface area contributed by atoms with Crippen LogP contribution in [0.25, 0.3) is 0 Å². The molecule has 1 aliphatic carbocycles. The minimum absolute atomic E-state index is 0.0897. The Morgan fingerprint density at radius 3 is 2.82 bits per heavy atom. The van der Waals surface area contributed by atoms with Gasteiger partial charge in [0.25, 0.3) is 0 Å². The molecular formula is C7H11NO2S. The summed E-state index contributed by atoms with van der Waals surface area (Å²) in [4.78, 5) is 10.6. The molecule has 0 atom stereocenters. The first-order chi connectivity index (χ1) is 5.22. The van der Waals surface area contributed by atoms with Crippen molar-refractivity contribution in [3.8, 4) is 0 Å². The van der Waals surface area contributed by atoms with Gasteiger partial charge in [-0.3, -0.25) is 4.79 Å². The van der Waals surface area contributed by atoms with Gasteiger partial charge in [-0.25, -0.2) is 0 Å². The number of thioether (sulfide) groups is 1. The van der Waals surface area contributed by atoms with E-state index in [-0.39, 0.29) is 10.8 Å². The summed E-state index contributed by atoms with van der Waals surface area (Å²) in [5.74, 6) is 0.407. The van der Waals surface area contributed by atoms with Gasteiger partial charge in [-0.15, -0.1) is 11.8 Å². The van der Waals surface area contributed by atoms with E-state index < -0.39 is 5.97 Å². The van der Waals surface area contributed by atoms with Crippen molar-refractivity contribution in [1.29, 1.82) is 0 Å². The van der Waals surface area contributed by atoms with Crippen LogP contribution >= 0.6 is 11.8 Å². The van der Waals surface area contributed by atoms with Crippen LogP contribution in [0.3, 0.4) is 0 Å². The molecule has 2 fully saturated rings. The lowest BCUT2D eigenvalue weighted by Gasteiger charge is -2.42. The fraction of sp³-hybridized carbons (Fsp3) is 0.857. The molecule has 2 aliphatic rings. The second-order valence-corrected chi connectivity index (χ2v) is 4.69. The van der Waals surface area contributed by atoms with Gasteiger partial charge in [-0.2, -0.15) is 0 Å². The predicted octanol–water partition coefficient (Wildman–Crippen LogP) is 0.514. The number of nitrogens with one attached hydrogen (secondary N) is 1. The van der Waals surface area contributed by atoms with Crippen LogP contribution in [0.1, 0.15) is 12.8 Å². The molecule has 0 aromatic heterocycles. The van der Waals surface area contributed by atoms with Gasteiger partial charge in [-0.1, -0.05) is 0 Å². The van der Waals surface area contributed by atoms with Crippen LogP contribution in [0.2, 0.25) is 0 Å². The van der Waals surface area contributed by atoms with Crippen LogP contribution in [-0.2, 0) is 4.79 Å². The van der Waals surface area contributed by atoms with E-state index >= 15 is 0 Å². The third-order valence-corrected chi connectivity index (χ3v) is 3.87. The Bertz CT molecular complexity index is 181. The largest absolute Gasteiger partial charge is 0.481 e. The minimum atomic E-state index is -0.634. The lowest BCUT2D eigenvalue weighted by Crippen LogP contribution is -2.51. The molecule has 0 unspecified atom stereocenters. The molecule has 1 saturated heterocycles. The molecule has 1 heterocycles. The zero-order valence-electron chi connectivity index (χ0n) is 6.17. The molecule has 0 amide bonds. The van der Waals surface area contributed by atoms with Crippen LogP contribution < -0.4 is 5.32 Å². The van der Waals surface area contributed by atoms with Crippen LogP contribution in [-0.4, -0.2) is 28.2 Å². The fourth-order valence-electron chi connectivity index (χ4n) is 1.75. The molecule has 3 nitrogen and oxygen atoms in total. The van der Waals surface area contributed by atoms with Gasteiger partial charge in [0, 0.05) is 12.3 Å². The first-order valence-electron chi connectivity index (χ1n) is 3.84. The first-order valence-corrected chi connectivity index (χ1v) is 4.82. The van der Waals surface area contributed by atoms with Crippen molar-refractivity contribution in [1.82, 2.24) is 5.32 Å². The van der Waals surface area contributed by atoms with Gasteiger partial charge >= 0.3 is 5.97 Å². The Labute approximate surface area is 69.5 Å². The highest BCUT2D eigenvalue weighted by Crippen LogP contribution is 2.48. The second kappa shape index (κ2) is 2.38. The smallest absolute Gasteiger partial charge is 0.306 e. The van der Waals surface area contributed by atoms with Gasteiger partial charge in [-0.05, 0) is 12.8 Å². The van der Waals surface area contributed by atoms with Crippen LogP contribution in [0.15, 0.2) is 0 Å². The summed E-state index contributed by atoms with van der Waals surface area (Å²) >= 11 is 1.88. The molecule has 4 heteroatoms. The summed E-state index contributed by atoms with van der Waals surface area (Å²) < 4.78 is 0. The summed E-state index contributed by atoms with van der Waals surface area (Å²) in [6.07, 6.45) is 1.62. The molecule has 2 rings (SSSR count). The highest BCUT2D eigenvalue weighted by atomic mass is 32.2. The number of rotatable bonds is 1. The van der Waals surface area contributed by atoms with Crippen molar-refractivity contribution in [2.24, 2.45) is 5.92 Å². The maximum Gasteiger partial charge on any atom is 0.306 e. The molecule has 11 heavy (non-hydrogen) atoms. The van der Waals surface area contributed by atoms with Crippen molar-refractivity contribution >= 4 is 17.7 Å². The highest BCUT2D eigenvalue weighted by molar-refractivity contribution is 8.00. The Hall–Kier alpha value is -0.220. The van der Waals surface area contributed by atoms with E-state index in [1.54, 1.807) is 0 Å². The molecule has 0 bridgehead atoms. The van der Waals surface area contributed by atoms with Gasteiger partial charge in [0.1, 0.15) is 0 Å². The standard InChI is InChI=1S/C7H11NO2S/c9-6(10)5-3-7(4-5)8-1-2-11-7/h5,8H,1-4H2,(H,9,10). The van der Waals surface area contributed by atoms with E-state index in [4.69, 9.17) is 5.11 Å². The topological polar surface area (TPSA) is 49.3 Å². The molecule has 2 N–H and O–H groups in total. The monoisotopic (exact) mass is 173 g/mol. The lowest BCUT2D eigenvalue weighted by molar-refractivity contribution is -0.145. The zero-order chi connectivity index (χ0) is 7.90. The fourth-order valence-corrected chi connectivity index (χ4v) is 3.19. The Morgan fingerprint density at radius 1 is 1.64 bits per heavy atom. The second-order valence-electron chi connectivity index (χ2n) is 3.21. The Kier molecular flexibility index (Phi) is 1.61. The maximum atomic E-state index is 10.5. The average molecular weight is 173 g/mol. The van der Waals surface area contributed by atoms with Crippen LogP contribution in [0.5, 0.6) is 0 Å². The van der Waals surface area contributed by atoms with Crippen molar-refractivity contribution in [3.05, 3.63) is 0 Å². The molecular weight excluding hydrogens is 162 g/mol. The molecule has 1 saturated carbocycles. The summed E-state index contributed by atoms with van der Waals surface area (Å²) in [5.41, 5.74) is 0. The van der Waals surface area contributed by atoms with E-state index in [9.17, 15) is 4.79 Å². The first kappa shape index (κ1) is 7.43. The third kappa shape index (κ3) is 1.14. The van der Waals surface area contributed by atoms with Crippen molar-refractivity contribution in [3.63, 3.8) is 0 Å². The van der Waals surface area contributed by atoms with E-state index in [1.165, 1.54) is 0 Å². The number of carboxylic acid groups (broad SMARTS) is 1. The zero-order valence-corrected chi connectivity index (χ0v) is 6.99. The average Bonchev–Trinajstić information content (AvgIpc) is 2.29. The molecule has 0 radical (unpaired) electrons. The third-order valence-electron chi connectivity index (χ3n) is 2.43. The summed E-state index contributed by atoms with van der Waals surface area (Å²) in [5, 5.41) is 12.0. The molecule has 62 valence electrons. The maximum absolute atomic E-state index is 10.5. The number of hydrogen-bond acceptors (Lipinski definition) is 3. The van der Waals surface area contributed by atoms with Crippen molar-refractivity contribution in [2.45, 2.75) is 17.7 Å². The predicted molar refractivity (Wildman–Crippen MR) is 43.6 cm³/mol. The van der Waals surface area contributed by atoms with Crippen molar-refractivity contribution in [2.75, 3.05) is 12.3 Å². The summed E-state index contributed by atoms with van der Waals surface area (Å²) in [6.45, 7) is 1.04. The van der Waals surface area contributed by atoms with Gasteiger partial charge in [0.2, 0.25) is 0 Å². The molecule has 1 spiro atoms. The van der Waals surface area contributed by atoms with Gasteiger partial charge in [0.15, 0.2) is 0 Å². The van der Waals surface area contributed by atoms with Crippen LogP contribution in [0.4, 0.5) is 0 Å². The normalized spacial score (nSPS) is 42.4. The highest BCUT2D eigenvalue weighted by Gasteiger charge is 2.49. The summed E-state index contributed by atoms with van der Waals surface area (Å²) in [6, 6.07) is 0. The minimum Gasteiger partial charge on any atom is -0.481 e. The number of aliphatic carboxylic acids is 1. The van der Waals surface area contributed by atoms with Crippen LogP contribution in [0, 0.1) is 5.92 Å². The number of hydrogen-bond donors (Lipinski definition) is 2. The van der Waals surface area contributed by atoms with Gasteiger partial charge in [0.05, 0.1) is 10.8 Å². The molecule has 0 aromatic rings. The lowest BCUT2D eigenvalue weighted by atomic mass is 9.79. The van der Waals surface area contributed by atoms with E-state index in [1.807, 2.05) is 11.8 Å². The quantitative estimate of drug-likeness (QED) is 0.606. The van der Waals surface area contributed by atoms with Gasteiger partial charge < -0.3 is 10.4 Å².